The van der Waals surface area contributed by atoms with Gasteiger partial charge in [-0.2, -0.15) is 0 Å². The average Bonchev–Trinajstić information content (AvgIpc) is 3.57. The summed E-state index contributed by atoms with van der Waals surface area (Å²) in [4.78, 5) is 27.8. The molecule has 1 fully saturated rings. The molecule has 0 bridgehead atoms. The van der Waals surface area contributed by atoms with Crippen LogP contribution in [-0.2, 0) is 22.6 Å². The molecule has 2 aliphatic rings. The van der Waals surface area contributed by atoms with Gasteiger partial charge in [-0.25, -0.2) is 0 Å². The summed E-state index contributed by atoms with van der Waals surface area (Å²) in [6, 6.07) is 15.3. The predicted molar refractivity (Wildman–Crippen MR) is 129 cm³/mol. The number of hydrogen-bond acceptors (Lipinski definition) is 6. The van der Waals surface area contributed by atoms with Crippen molar-refractivity contribution in [3.05, 3.63) is 88.9 Å². The molecule has 5 rings (SSSR count). The van der Waals surface area contributed by atoms with Gasteiger partial charge in [0.05, 0.1) is 31.0 Å². The molecule has 2 aliphatic heterocycles. The van der Waals surface area contributed by atoms with Crippen molar-refractivity contribution in [1.82, 2.24) is 4.90 Å². The summed E-state index contributed by atoms with van der Waals surface area (Å²) >= 11 is 0. The normalized spacial score (nSPS) is 20.7. The van der Waals surface area contributed by atoms with Crippen molar-refractivity contribution in [1.29, 1.82) is 0 Å². The topological polar surface area (TPSA) is 89.2 Å². The minimum atomic E-state index is -0.774. The Bertz CT molecular complexity index is 1280. The van der Waals surface area contributed by atoms with Crippen LogP contribution in [0.4, 0.5) is 0 Å². The fraction of sp³-hybridized carbons (Fsp3) is 0.286. The Hall–Kier alpha value is -4.00. The molecule has 0 unspecified atom stereocenters. The lowest BCUT2D eigenvalue weighted by atomic mass is 9.94. The molecule has 7 nitrogen and oxygen atoms in total. The molecule has 1 N–H and O–H groups in total. The Balaban J connectivity index is 1.58. The molecule has 3 aromatic rings. The molecule has 0 aliphatic carbocycles. The molecular formula is C28H27NO6. The minimum Gasteiger partial charge on any atom is -0.507 e. The first-order chi connectivity index (χ1) is 17.0. The molecule has 0 radical (unpaired) electrons. The van der Waals surface area contributed by atoms with Gasteiger partial charge in [0, 0.05) is 12.0 Å². The van der Waals surface area contributed by atoms with Crippen molar-refractivity contribution in [3.63, 3.8) is 0 Å². The summed E-state index contributed by atoms with van der Waals surface area (Å²) < 4.78 is 16.9. The molecule has 1 aromatic heterocycles. The molecule has 2 aromatic carbocycles. The number of benzene rings is 2. The summed E-state index contributed by atoms with van der Waals surface area (Å²) in [7, 11) is 0. The van der Waals surface area contributed by atoms with Crippen LogP contribution in [-0.4, -0.2) is 34.4 Å². The summed E-state index contributed by atoms with van der Waals surface area (Å²) in [6.07, 6.45) is 3.17. The van der Waals surface area contributed by atoms with Gasteiger partial charge in [0.25, 0.3) is 11.7 Å². The first-order valence-corrected chi connectivity index (χ1v) is 11.8. The second-order valence-corrected chi connectivity index (χ2v) is 8.88. The van der Waals surface area contributed by atoms with Crippen molar-refractivity contribution in [3.8, 4) is 11.5 Å². The number of ether oxygens (including phenoxy) is 2. The monoisotopic (exact) mass is 473 g/mol. The zero-order valence-electron chi connectivity index (χ0n) is 19.7. The highest BCUT2D eigenvalue weighted by molar-refractivity contribution is 6.46. The lowest BCUT2D eigenvalue weighted by molar-refractivity contribution is -0.140. The van der Waals surface area contributed by atoms with E-state index in [1.54, 1.807) is 24.3 Å². The first-order valence-electron chi connectivity index (χ1n) is 11.8. The smallest absolute Gasteiger partial charge is 0.296 e. The summed E-state index contributed by atoms with van der Waals surface area (Å²) in [5, 5.41) is 11.3. The Morgan fingerprint density at radius 2 is 1.94 bits per heavy atom. The number of Topliss-reactive ketones (excluding diaryl/α,β-unsaturated/α-hetero) is 1. The molecule has 7 heteroatoms. The number of carbonyl (C=O) groups excluding carboxylic acids is 2. The summed E-state index contributed by atoms with van der Waals surface area (Å²) in [5.74, 6) is 0.401. The second-order valence-electron chi connectivity index (χ2n) is 8.88. The van der Waals surface area contributed by atoms with Crippen LogP contribution in [0.15, 0.2) is 70.9 Å². The number of amides is 1. The Labute approximate surface area is 203 Å². The Morgan fingerprint density at radius 1 is 1.14 bits per heavy atom. The largest absolute Gasteiger partial charge is 0.507 e. The number of aliphatic hydroxyl groups is 1. The molecule has 0 saturated carbocycles. The lowest BCUT2D eigenvalue weighted by Gasteiger charge is -2.24. The molecule has 35 heavy (non-hydrogen) atoms. The van der Waals surface area contributed by atoms with Crippen LogP contribution in [0.3, 0.4) is 0 Å². The van der Waals surface area contributed by atoms with Gasteiger partial charge >= 0.3 is 0 Å². The number of rotatable bonds is 7. The van der Waals surface area contributed by atoms with Crippen molar-refractivity contribution in [2.24, 2.45) is 0 Å². The van der Waals surface area contributed by atoms with Gasteiger partial charge in [0.15, 0.2) is 0 Å². The van der Waals surface area contributed by atoms with Crippen LogP contribution >= 0.6 is 0 Å². The maximum Gasteiger partial charge on any atom is 0.296 e. The number of aliphatic hydroxyl groups excluding tert-OH is 1. The number of nitrogens with zero attached hydrogens (tertiary/aromatic N) is 1. The first kappa shape index (κ1) is 22.8. The number of carbonyl (C=O) groups is 2. The van der Waals surface area contributed by atoms with E-state index in [2.05, 4.69) is 0 Å². The SMILES string of the molecule is CCCOc1ccc([C@H]2C(=C(O)c3ccc4c(c3)C[C@@H](C)O4)C(=O)C(=O)N2Cc2ccco2)cc1. The number of ketones is 1. The maximum absolute atomic E-state index is 13.2. The van der Waals surface area contributed by atoms with Gasteiger partial charge in [-0.1, -0.05) is 19.1 Å². The van der Waals surface area contributed by atoms with Gasteiger partial charge in [-0.05, 0) is 66.9 Å². The van der Waals surface area contributed by atoms with Gasteiger partial charge in [0.2, 0.25) is 0 Å². The van der Waals surface area contributed by atoms with E-state index in [0.29, 0.717) is 35.7 Å². The van der Waals surface area contributed by atoms with Crippen LogP contribution in [0.5, 0.6) is 11.5 Å². The molecular weight excluding hydrogens is 446 g/mol. The average molecular weight is 474 g/mol. The van der Waals surface area contributed by atoms with Crippen LogP contribution in [0.2, 0.25) is 0 Å². The van der Waals surface area contributed by atoms with Crippen molar-refractivity contribution in [2.45, 2.75) is 45.4 Å². The molecule has 1 amide bonds. The highest BCUT2D eigenvalue weighted by Crippen LogP contribution is 2.41. The third-order valence-corrected chi connectivity index (χ3v) is 6.28. The molecule has 3 heterocycles. The summed E-state index contributed by atoms with van der Waals surface area (Å²) in [6.45, 7) is 4.70. The Morgan fingerprint density at radius 3 is 2.66 bits per heavy atom. The van der Waals surface area contributed by atoms with E-state index in [1.807, 2.05) is 44.2 Å². The third kappa shape index (κ3) is 4.30. The minimum absolute atomic E-state index is 0.0507. The van der Waals surface area contributed by atoms with Crippen LogP contribution in [0.1, 0.15) is 48.8 Å². The fourth-order valence-electron chi connectivity index (χ4n) is 4.65. The van der Waals surface area contributed by atoms with E-state index >= 15 is 0 Å². The van der Waals surface area contributed by atoms with E-state index in [0.717, 1.165) is 17.7 Å². The predicted octanol–water partition coefficient (Wildman–Crippen LogP) is 5.01. The summed E-state index contributed by atoms with van der Waals surface area (Å²) in [5.41, 5.74) is 2.18. The Kier molecular flexibility index (Phi) is 6.07. The molecule has 1 saturated heterocycles. The zero-order valence-corrected chi connectivity index (χ0v) is 19.7. The molecule has 2 atom stereocenters. The fourth-order valence-corrected chi connectivity index (χ4v) is 4.65. The maximum atomic E-state index is 13.2. The quantitative estimate of drug-likeness (QED) is 0.295. The number of likely N-dealkylation sites (tertiary alicyclic amines) is 1. The number of fused-ring (bicyclic) bond motifs is 1. The number of furan rings is 1. The van der Waals surface area contributed by atoms with E-state index in [1.165, 1.54) is 11.2 Å². The van der Waals surface area contributed by atoms with Crippen LogP contribution in [0.25, 0.3) is 5.76 Å². The van der Waals surface area contributed by atoms with E-state index in [-0.39, 0.29) is 24.0 Å². The van der Waals surface area contributed by atoms with E-state index < -0.39 is 17.7 Å². The lowest BCUT2D eigenvalue weighted by Crippen LogP contribution is -2.29. The third-order valence-electron chi connectivity index (χ3n) is 6.28. The van der Waals surface area contributed by atoms with Gasteiger partial charge in [0.1, 0.15) is 29.1 Å². The van der Waals surface area contributed by atoms with Crippen molar-refractivity contribution >= 4 is 17.4 Å². The van der Waals surface area contributed by atoms with Gasteiger partial charge in [-0.3, -0.25) is 9.59 Å². The van der Waals surface area contributed by atoms with E-state index in [9.17, 15) is 14.7 Å². The van der Waals surface area contributed by atoms with Crippen LogP contribution < -0.4 is 9.47 Å². The van der Waals surface area contributed by atoms with Crippen molar-refractivity contribution in [2.75, 3.05) is 6.61 Å². The highest BCUT2D eigenvalue weighted by Gasteiger charge is 2.46. The molecule has 0 spiro atoms. The van der Waals surface area contributed by atoms with Crippen LogP contribution in [0, 0.1) is 0 Å². The van der Waals surface area contributed by atoms with Crippen molar-refractivity contribution < 1.29 is 28.6 Å². The van der Waals surface area contributed by atoms with Gasteiger partial charge in [-0.15, -0.1) is 0 Å². The standard InChI is InChI=1S/C28H27NO6/c1-3-12-33-21-9-6-18(7-10-21)25-24(27(31)28(32)29(25)16-22-5-4-13-34-22)26(30)19-8-11-23-20(15-19)14-17(2)35-23/h4-11,13,15,17,25,30H,3,12,14,16H2,1-2H3/t17-,25+/m1/s1. The van der Waals surface area contributed by atoms with E-state index in [4.69, 9.17) is 13.9 Å². The highest BCUT2D eigenvalue weighted by atomic mass is 16.5. The zero-order chi connectivity index (χ0) is 24.5. The second kappa shape index (κ2) is 9.33. The molecule has 180 valence electrons. The number of hydrogen-bond donors (Lipinski definition) is 1. The van der Waals surface area contributed by atoms with Gasteiger partial charge < -0.3 is 23.9 Å².